The number of alkyl carbamates (subject to hydrolysis) is 1. The second-order valence-electron chi connectivity index (χ2n) is 10.2. The van der Waals surface area contributed by atoms with Crippen molar-refractivity contribution < 1.29 is 24.2 Å². The van der Waals surface area contributed by atoms with Crippen LogP contribution in [0, 0.1) is 11.3 Å². The molecule has 0 radical (unpaired) electrons. The summed E-state index contributed by atoms with van der Waals surface area (Å²) in [6.45, 7) is 4.13. The van der Waals surface area contributed by atoms with Crippen molar-refractivity contribution in [2.24, 2.45) is 11.3 Å². The molecule has 3 N–H and O–H groups in total. The van der Waals surface area contributed by atoms with Gasteiger partial charge < -0.3 is 20.5 Å². The van der Waals surface area contributed by atoms with Crippen LogP contribution >= 0.6 is 0 Å². The van der Waals surface area contributed by atoms with Gasteiger partial charge in [0.1, 0.15) is 6.61 Å². The van der Waals surface area contributed by atoms with Crippen LogP contribution in [0.1, 0.15) is 63.0 Å². The predicted molar refractivity (Wildman–Crippen MR) is 133 cm³/mol. The van der Waals surface area contributed by atoms with Crippen LogP contribution in [0.4, 0.5) is 4.79 Å². The summed E-state index contributed by atoms with van der Waals surface area (Å²) >= 11 is 0. The molecular weight excluding hydrogens is 444 g/mol. The molecule has 1 saturated carbocycles. The number of aliphatic carboxylic acids is 1. The lowest BCUT2D eigenvalue weighted by Gasteiger charge is -2.33. The minimum atomic E-state index is -0.857. The lowest BCUT2D eigenvalue weighted by Crippen LogP contribution is -2.49. The first-order chi connectivity index (χ1) is 16.8. The van der Waals surface area contributed by atoms with E-state index in [0.717, 1.165) is 24.0 Å². The molecule has 0 saturated heterocycles. The van der Waals surface area contributed by atoms with E-state index in [0.29, 0.717) is 19.3 Å². The summed E-state index contributed by atoms with van der Waals surface area (Å²) in [5, 5.41) is 15.2. The summed E-state index contributed by atoms with van der Waals surface area (Å²) < 4.78 is 5.56. The van der Waals surface area contributed by atoms with Crippen molar-refractivity contribution in [1.29, 1.82) is 0 Å². The summed E-state index contributed by atoms with van der Waals surface area (Å²) in [6.07, 6.45) is 2.95. The molecule has 2 aliphatic carbocycles. The Kier molecular flexibility index (Phi) is 7.43. The minimum Gasteiger partial charge on any atom is -0.481 e. The van der Waals surface area contributed by atoms with E-state index < -0.39 is 23.4 Å². The van der Waals surface area contributed by atoms with Gasteiger partial charge in [-0.1, -0.05) is 75.2 Å². The van der Waals surface area contributed by atoms with Gasteiger partial charge in [-0.25, -0.2) is 4.79 Å². The number of hydrogen-bond acceptors (Lipinski definition) is 4. The first kappa shape index (κ1) is 24.8. The van der Waals surface area contributed by atoms with E-state index in [2.05, 4.69) is 34.9 Å². The number of carboxylic acids is 1. The average molecular weight is 479 g/mol. The summed E-state index contributed by atoms with van der Waals surface area (Å²) in [7, 11) is 0. The van der Waals surface area contributed by atoms with Gasteiger partial charge >= 0.3 is 12.1 Å². The minimum absolute atomic E-state index is 0.00644. The summed E-state index contributed by atoms with van der Waals surface area (Å²) in [5.41, 5.74) is 3.90. The largest absolute Gasteiger partial charge is 0.481 e. The molecule has 0 heterocycles. The molecular formula is C28H34N2O5. The summed E-state index contributed by atoms with van der Waals surface area (Å²) in [4.78, 5) is 36.8. The molecule has 2 aromatic carbocycles. The van der Waals surface area contributed by atoms with Gasteiger partial charge in [-0.2, -0.15) is 0 Å². The highest BCUT2D eigenvalue weighted by molar-refractivity contribution is 5.83. The molecule has 7 nitrogen and oxygen atoms in total. The van der Waals surface area contributed by atoms with Gasteiger partial charge in [0.2, 0.25) is 5.91 Å². The number of carbonyl (C=O) groups is 3. The lowest BCUT2D eigenvalue weighted by molar-refractivity contribution is -0.144. The topological polar surface area (TPSA) is 105 Å². The molecule has 2 aliphatic rings. The smallest absolute Gasteiger partial charge is 0.407 e. The van der Waals surface area contributed by atoms with Gasteiger partial charge in [0.15, 0.2) is 0 Å². The number of hydrogen-bond donors (Lipinski definition) is 3. The van der Waals surface area contributed by atoms with E-state index in [1.54, 1.807) is 13.8 Å². The summed E-state index contributed by atoms with van der Waals surface area (Å²) in [6, 6.07) is 16.0. The van der Waals surface area contributed by atoms with E-state index in [-0.39, 0.29) is 31.0 Å². The second-order valence-corrected chi connectivity index (χ2v) is 10.2. The Labute approximate surface area is 206 Å². The van der Waals surface area contributed by atoms with Crippen LogP contribution in [0.15, 0.2) is 48.5 Å². The number of amides is 2. The van der Waals surface area contributed by atoms with Gasteiger partial charge in [0, 0.05) is 23.9 Å². The zero-order chi connectivity index (χ0) is 25.0. The van der Waals surface area contributed by atoms with Crippen LogP contribution in [-0.4, -0.2) is 42.3 Å². The Morgan fingerprint density at radius 3 is 2.20 bits per heavy atom. The molecule has 2 aromatic rings. The number of rotatable bonds is 8. The van der Waals surface area contributed by atoms with Crippen molar-refractivity contribution in [3.63, 3.8) is 0 Å². The Bertz CT molecular complexity index is 1050. The number of benzene rings is 2. The molecule has 1 fully saturated rings. The molecule has 0 aliphatic heterocycles. The van der Waals surface area contributed by atoms with E-state index in [1.807, 2.05) is 24.3 Å². The Morgan fingerprint density at radius 1 is 0.971 bits per heavy atom. The van der Waals surface area contributed by atoms with Crippen LogP contribution in [-0.2, 0) is 14.3 Å². The maximum atomic E-state index is 12.9. The Balaban J connectivity index is 1.26. The van der Waals surface area contributed by atoms with Crippen LogP contribution in [0.2, 0.25) is 0 Å². The van der Waals surface area contributed by atoms with Gasteiger partial charge in [-0.05, 0) is 41.5 Å². The van der Waals surface area contributed by atoms with Gasteiger partial charge in [-0.15, -0.1) is 0 Å². The van der Waals surface area contributed by atoms with Crippen molar-refractivity contribution in [3.8, 4) is 11.1 Å². The van der Waals surface area contributed by atoms with Crippen LogP contribution < -0.4 is 10.6 Å². The SMILES string of the molecule is CC(C)(CCNC(=O)OCC1c2ccccc2-c2ccccc21)C(=O)N[C@@H]1CCCC[C@@H]1C(=O)O. The Morgan fingerprint density at radius 2 is 1.57 bits per heavy atom. The first-order valence-corrected chi connectivity index (χ1v) is 12.4. The van der Waals surface area contributed by atoms with Crippen LogP contribution in [0.25, 0.3) is 11.1 Å². The van der Waals surface area contributed by atoms with E-state index in [4.69, 9.17) is 4.74 Å². The van der Waals surface area contributed by atoms with Crippen LogP contribution in [0.3, 0.4) is 0 Å². The van der Waals surface area contributed by atoms with Gasteiger partial charge in [0.05, 0.1) is 5.92 Å². The van der Waals surface area contributed by atoms with Gasteiger partial charge in [0.25, 0.3) is 0 Å². The fourth-order valence-corrected chi connectivity index (χ4v) is 5.20. The standard InChI is InChI=1S/C28H34N2O5/c1-28(2,26(33)30-24-14-8-7-13-22(24)25(31)32)15-16-29-27(34)35-17-23-20-11-5-3-9-18(20)19-10-4-6-12-21(19)23/h3-6,9-12,22-24H,7-8,13-17H2,1-2H3,(H,29,34)(H,30,33)(H,31,32)/t22-,24+/m0/s1. The normalized spacial score (nSPS) is 19.4. The quantitative estimate of drug-likeness (QED) is 0.510. The van der Waals surface area contributed by atoms with Crippen molar-refractivity contribution in [3.05, 3.63) is 59.7 Å². The molecule has 2 amide bonds. The molecule has 0 aromatic heterocycles. The third-order valence-corrected chi connectivity index (χ3v) is 7.38. The zero-order valence-corrected chi connectivity index (χ0v) is 20.4. The first-order valence-electron chi connectivity index (χ1n) is 12.4. The van der Waals surface area contributed by atoms with E-state index in [9.17, 15) is 19.5 Å². The maximum Gasteiger partial charge on any atom is 0.407 e. The number of ether oxygens (including phenoxy) is 1. The highest BCUT2D eigenvalue weighted by atomic mass is 16.5. The van der Waals surface area contributed by atoms with Crippen molar-refractivity contribution >= 4 is 18.0 Å². The lowest BCUT2D eigenvalue weighted by atomic mass is 9.82. The maximum absolute atomic E-state index is 12.9. The van der Waals surface area contributed by atoms with Crippen molar-refractivity contribution in [1.82, 2.24) is 10.6 Å². The molecule has 0 spiro atoms. The van der Waals surface area contributed by atoms with Crippen molar-refractivity contribution in [2.75, 3.05) is 13.2 Å². The molecule has 0 unspecified atom stereocenters. The number of carboxylic acid groups (broad SMARTS) is 1. The third kappa shape index (κ3) is 5.50. The number of fused-ring (bicyclic) bond motifs is 3. The van der Waals surface area contributed by atoms with Crippen LogP contribution in [0.5, 0.6) is 0 Å². The van der Waals surface area contributed by atoms with E-state index in [1.165, 1.54) is 11.1 Å². The molecule has 35 heavy (non-hydrogen) atoms. The second kappa shape index (κ2) is 10.5. The molecule has 186 valence electrons. The number of nitrogens with one attached hydrogen (secondary N) is 2. The Hall–Kier alpha value is -3.35. The fraction of sp³-hybridized carbons (Fsp3) is 0.464. The third-order valence-electron chi connectivity index (χ3n) is 7.38. The number of carbonyl (C=O) groups excluding carboxylic acids is 2. The summed E-state index contributed by atoms with van der Waals surface area (Å²) in [5.74, 6) is -1.59. The van der Waals surface area contributed by atoms with Crippen molar-refractivity contribution in [2.45, 2.75) is 57.9 Å². The molecule has 7 heteroatoms. The monoisotopic (exact) mass is 478 g/mol. The average Bonchev–Trinajstić information content (AvgIpc) is 3.16. The zero-order valence-electron chi connectivity index (χ0n) is 20.4. The highest BCUT2D eigenvalue weighted by Crippen LogP contribution is 2.44. The van der Waals surface area contributed by atoms with Gasteiger partial charge in [-0.3, -0.25) is 9.59 Å². The fourth-order valence-electron chi connectivity index (χ4n) is 5.20. The predicted octanol–water partition coefficient (Wildman–Crippen LogP) is 4.70. The van der Waals surface area contributed by atoms with E-state index >= 15 is 0 Å². The highest BCUT2D eigenvalue weighted by Gasteiger charge is 2.36. The molecule has 2 atom stereocenters. The molecule has 0 bridgehead atoms. The molecule has 4 rings (SSSR count).